The van der Waals surface area contributed by atoms with Crippen molar-refractivity contribution >= 4 is 74.5 Å². The van der Waals surface area contributed by atoms with Gasteiger partial charge in [-0.25, -0.2) is 9.98 Å². The van der Waals surface area contributed by atoms with E-state index >= 15 is 0 Å². The van der Waals surface area contributed by atoms with Gasteiger partial charge in [-0.2, -0.15) is 0 Å². The topological polar surface area (TPSA) is 50.5 Å². The maximum atomic E-state index is 13.4. The van der Waals surface area contributed by atoms with Crippen molar-refractivity contribution in [1.82, 2.24) is 9.55 Å². The number of thioether (sulfide) groups is 1. The molecule has 32 heavy (non-hydrogen) atoms. The van der Waals surface area contributed by atoms with E-state index in [9.17, 15) is 4.79 Å². The molecule has 158 valence electrons. The Morgan fingerprint density at radius 1 is 0.938 bits per heavy atom. The van der Waals surface area contributed by atoms with E-state index in [1.165, 1.54) is 11.8 Å². The molecule has 1 aromatic heterocycles. The highest BCUT2D eigenvalue weighted by molar-refractivity contribution is 8.19. The van der Waals surface area contributed by atoms with E-state index in [1.807, 2.05) is 48.0 Å². The number of carbonyl (C=O) groups is 1. The number of amides is 1. The molecule has 0 unspecified atom stereocenters. The Labute approximate surface area is 199 Å². The molecular weight excluding hydrogens is 463 g/mol. The molecule has 0 atom stereocenters. The number of aromatic nitrogens is 2. The van der Waals surface area contributed by atoms with E-state index in [1.54, 1.807) is 47.4 Å². The van der Waals surface area contributed by atoms with Crippen LogP contribution in [0.4, 0.5) is 11.4 Å². The first-order chi connectivity index (χ1) is 15.5. The number of aryl methyl sites for hydroxylation is 1. The number of hydrogen-bond acceptors (Lipinski definition) is 4. The number of aliphatic imine (C=N–C) groups is 1. The maximum absolute atomic E-state index is 13.4. The lowest BCUT2D eigenvalue weighted by atomic mass is 10.3. The first-order valence-electron chi connectivity index (χ1n) is 9.75. The highest BCUT2D eigenvalue weighted by Gasteiger charge is 2.35. The predicted octanol–water partition coefficient (Wildman–Crippen LogP) is 6.69. The van der Waals surface area contributed by atoms with Crippen LogP contribution in [0.1, 0.15) is 5.82 Å². The van der Waals surface area contributed by atoms with Gasteiger partial charge in [-0.3, -0.25) is 9.69 Å². The second-order valence-electron chi connectivity index (χ2n) is 7.12. The van der Waals surface area contributed by atoms with Gasteiger partial charge in [0.25, 0.3) is 5.91 Å². The summed E-state index contributed by atoms with van der Waals surface area (Å²) in [6, 6.07) is 22.1. The standard InChI is InChI=1S/C24H16Cl2N4OS/c1-29-20-5-3-2-4-19(20)28-22(29)14-21-23(31)30(18-12-8-16(26)9-13-18)24(32-21)27-17-10-6-15(25)7-11-17/h2-14H,1H3/b21-14+,27-24?. The van der Waals surface area contributed by atoms with Crippen LogP contribution in [0.5, 0.6) is 0 Å². The Bertz CT molecular complexity index is 1390. The average Bonchev–Trinajstić information content (AvgIpc) is 3.27. The number of anilines is 1. The quantitative estimate of drug-likeness (QED) is 0.308. The Morgan fingerprint density at radius 2 is 1.59 bits per heavy atom. The lowest BCUT2D eigenvalue weighted by Gasteiger charge is -2.15. The number of amidine groups is 1. The molecule has 5 nitrogen and oxygen atoms in total. The monoisotopic (exact) mass is 478 g/mol. The molecule has 0 spiro atoms. The molecule has 1 amide bonds. The van der Waals surface area contributed by atoms with E-state index in [0.29, 0.717) is 37.3 Å². The zero-order valence-electron chi connectivity index (χ0n) is 16.9. The lowest BCUT2D eigenvalue weighted by molar-refractivity contribution is -0.113. The molecule has 0 bridgehead atoms. The molecule has 3 aromatic carbocycles. The van der Waals surface area contributed by atoms with Crippen LogP contribution in [0.25, 0.3) is 17.1 Å². The van der Waals surface area contributed by atoms with E-state index in [4.69, 9.17) is 28.2 Å². The van der Waals surface area contributed by atoms with Crippen LogP contribution < -0.4 is 4.90 Å². The van der Waals surface area contributed by atoms with Gasteiger partial charge in [0.05, 0.1) is 27.3 Å². The fraction of sp³-hybridized carbons (Fsp3) is 0.0417. The van der Waals surface area contributed by atoms with E-state index in [2.05, 4.69) is 4.98 Å². The van der Waals surface area contributed by atoms with Crippen LogP contribution in [-0.4, -0.2) is 20.6 Å². The summed E-state index contributed by atoms with van der Waals surface area (Å²) in [5, 5.41) is 1.77. The van der Waals surface area contributed by atoms with Crippen LogP contribution in [-0.2, 0) is 11.8 Å². The zero-order chi connectivity index (χ0) is 22.2. The minimum atomic E-state index is -0.169. The smallest absolute Gasteiger partial charge is 0.271 e. The lowest BCUT2D eigenvalue weighted by Crippen LogP contribution is -2.28. The summed E-state index contributed by atoms with van der Waals surface area (Å²) in [5.41, 5.74) is 3.27. The van der Waals surface area contributed by atoms with Gasteiger partial charge in [0, 0.05) is 23.2 Å². The molecule has 1 aliphatic rings. The van der Waals surface area contributed by atoms with Crippen LogP contribution in [0.2, 0.25) is 10.0 Å². The number of fused-ring (bicyclic) bond motifs is 1. The third kappa shape index (κ3) is 3.93. The van der Waals surface area contributed by atoms with Crippen molar-refractivity contribution in [3.63, 3.8) is 0 Å². The van der Waals surface area contributed by atoms with Crippen molar-refractivity contribution in [1.29, 1.82) is 0 Å². The van der Waals surface area contributed by atoms with E-state index < -0.39 is 0 Å². The number of imidazole rings is 1. The second kappa shape index (κ2) is 8.47. The number of halogens is 2. The molecule has 0 N–H and O–H groups in total. The van der Waals surface area contributed by atoms with Crippen molar-refractivity contribution in [2.45, 2.75) is 0 Å². The summed E-state index contributed by atoms with van der Waals surface area (Å²) in [6.45, 7) is 0. The molecule has 4 aromatic rings. The van der Waals surface area contributed by atoms with Gasteiger partial charge in [0.1, 0.15) is 5.82 Å². The van der Waals surface area contributed by atoms with Crippen molar-refractivity contribution < 1.29 is 4.79 Å². The first kappa shape index (κ1) is 20.8. The van der Waals surface area contributed by atoms with Crippen molar-refractivity contribution in [2.24, 2.45) is 12.0 Å². The zero-order valence-corrected chi connectivity index (χ0v) is 19.2. The van der Waals surface area contributed by atoms with E-state index in [0.717, 1.165) is 11.0 Å². The minimum absolute atomic E-state index is 0.169. The summed E-state index contributed by atoms with van der Waals surface area (Å²) < 4.78 is 1.97. The molecular formula is C24H16Cl2N4OS. The third-order valence-corrected chi connectivity index (χ3v) is 6.50. The molecule has 2 heterocycles. The average molecular weight is 479 g/mol. The van der Waals surface area contributed by atoms with Gasteiger partial charge in [-0.05, 0) is 72.4 Å². The van der Waals surface area contributed by atoms with Gasteiger partial charge in [-0.15, -0.1) is 0 Å². The van der Waals surface area contributed by atoms with Gasteiger partial charge in [0.15, 0.2) is 5.17 Å². The van der Waals surface area contributed by atoms with E-state index in [-0.39, 0.29) is 5.91 Å². The number of nitrogens with zero attached hydrogens (tertiary/aromatic N) is 4. The Balaban J connectivity index is 1.59. The highest BCUT2D eigenvalue weighted by Crippen LogP contribution is 2.38. The van der Waals surface area contributed by atoms with Gasteiger partial charge in [0.2, 0.25) is 0 Å². The SMILES string of the molecule is Cn1c(/C=C2/SC(=Nc3ccc(Cl)cc3)N(c3ccc(Cl)cc3)C2=O)nc2ccccc21. The molecule has 0 aliphatic carbocycles. The molecule has 1 saturated heterocycles. The Hall–Kier alpha value is -3.06. The summed E-state index contributed by atoms with van der Waals surface area (Å²) in [4.78, 5) is 24.9. The van der Waals surface area contributed by atoms with Gasteiger partial charge < -0.3 is 4.57 Å². The van der Waals surface area contributed by atoms with Crippen LogP contribution in [0, 0.1) is 0 Å². The Morgan fingerprint density at radius 3 is 2.28 bits per heavy atom. The van der Waals surface area contributed by atoms with Crippen molar-refractivity contribution in [3.05, 3.63) is 93.6 Å². The maximum Gasteiger partial charge on any atom is 0.271 e. The number of carbonyl (C=O) groups excluding carboxylic acids is 1. The molecule has 1 aliphatic heterocycles. The summed E-state index contributed by atoms with van der Waals surface area (Å²) in [5.74, 6) is 0.531. The predicted molar refractivity (Wildman–Crippen MR) is 134 cm³/mol. The summed E-state index contributed by atoms with van der Waals surface area (Å²) >= 11 is 13.4. The molecule has 1 fully saturated rings. The van der Waals surface area contributed by atoms with Gasteiger partial charge >= 0.3 is 0 Å². The highest BCUT2D eigenvalue weighted by atomic mass is 35.5. The first-order valence-corrected chi connectivity index (χ1v) is 11.3. The fourth-order valence-electron chi connectivity index (χ4n) is 3.40. The van der Waals surface area contributed by atoms with Crippen LogP contribution in [0.3, 0.4) is 0 Å². The summed E-state index contributed by atoms with van der Waals surface area (Å²) in [6.07, 6.45) is 1.81. The molecule has 0 saturated carbocycles. The van der Waals surface area contributed by atoms with Gasteiger partial charge in [-0.1, -0.05) is 35.3 Å². The van der Waals surface area contributed by atoms with Crippen molar-refractivity contribution in [3.8, 4) is 0 Å². The number of hydrogen-bond donors (Lipinski definition) is 0. The van der Waals surface area contributed by atoms with Crippen LogP contribution >= 0.6 is 35.0 Å². The number of para-hydroxylation sites is 2. The van der Waals surface area contributed by atoms with Crippen molar-refractivity contribution in [2.75, 3.05) is 4.90 Å². The fourth-order valence-corrected chi connectivity index (χ4v) is 4.63. The third-order valence-electron chi connectivity index (χ3n) is 5.02. The second-order valence-corrected chi connectivity index (χ2v) is 9.00. The molecule has 5 rings (SSSR count). The Kier molecular flexibility index (Phi) is 5.51. The summed E-state index contributed by atoms with van der Waals surface area (Å²) in [7, 11) is 1.94. The normalized spacial score (nSPS) is 16.6. The number of rotatable bonds is 3. The number of benzene rings is 3. The minimum Gasteiger partial charge on any atom is -0.328 e. The molecule has 8 heteroatoms. The molecule has 0 radical (unpaired) electrons. The largest absolute Gasteiger partial charge is 0.328 e. The van der Waals surface area contributed by atoms with Crippen LogP contribution in [0.15, 0.2) is 82.7 Å².